The Balaban J connectivity index is 1.02. The van der Waals surface area contributed by atoms with E-state index in [0.29, 0.717) is 36.1 Å². The minimum absolute atomic E-state index is 0.0303. The smallest absolute Gasteiger partial charge is 0.382 e. The predicted octanol–water partition coefficient (Wildman–Crippen LogP) is 2.02. The van der Waals surface area contributed by atoms with Crippen molar-refractivity contribution in [3.63, 3.8) is 0 Å². The number of nitrogens with zero attached hydrogens (tertiary/aromatic N) is 9. The van der Waals surface area contributed by atoms with E-state index in [1.165, 1.54) is 23.4 Å². The molecular weight excluding hydrogens is 680 g/mol. The average Bonchev–Trinajstić information content (AvgIpc) is 3.82. The summed E-state index contributed by atoms with van der Waals surface area (Å²) in [7, 11) is 0. The molecule has 1 aliphatic heterocycles. The maximum atomic E-state index is 13.3. The monoisotopic (exact) mass is 707 g/mol. The highest BCUT2D eigenvalue weighted by molar-refractivity contribution is 8.44. The highest BCUT2D eigenvalue weighted by Crippen LogP contribution is 2.56. The molecule has 46 heavy (non-hydrogen) atoms. The van der Waals surface area contributed by atoms with Gasteiger partial charge in [0.05, 0.1) is 38.6 Å². The van der Waals surface area contributed by atoms with E-state index >= 15 is 0 Å². The number of nitrogens with two attached hydrogens (primary N) is 1. The molecular formula is C24H27N11O7P2S2. The Morgan fingerprint density at radius 1 is 1.11 bits per heavy atom. The molecule has 2 aliphatic rings. The minimum atomic E-state index is -3.86. The third-order valence-corrected chi connectivity index (χ3v) is 11.3. The van der Waals surface area contributed by atoms with Crippen LogP contribution < -0.4 is 11.3 Å². The lowest BCUT2D eigenvalue weighted by Crippen LogP contribution is -2.43. The third kappa shape index (κ3) is 5.87. The van der Waals surface area contributed by atoms with E-state index in [0.717, 1.165) is 0 Å². The number of imidazole rings is 2. The first-order valence-corrected chi connectivity index (χ1v) is 19.3. The first kappa shape index (κ1) is 31.4. The largest absolute Gasteiger partial charge is 0.386 e. The van der Waals surface area contributed by atoms with Gasteiger partial charge >= 0.3 is 6.80 Å². The summed E-state index contributed by atoms with van der Waals surface area (Å²) in [5.74, 6) is -0.00853. The Morgan fingerprint density at radius 2 is 1.89 bits per heavy atom. The number of ether oxygens (including phenoxy) is 1. The van der Waals surface area contributed by atoms with Crippen molar-refractivity contribution in [2.45, 2.75) is 37.6 Å². The zero-order valence-electron chi connectivity index (χ0n) is 23.8. The molecule has 1 saturated carbocycles. The number of nitrogen functional groups attached to an aromatic ring is 1. The Kier molecular flexibility index (Phi) is 8.24. The summed E-state index contributed by atoms with van der Waals surface area (Å²) < 4.78 is 41.1. The van der Waals surface area contributed by atoms with Crippen LogP contribution in [0.1, 0.15) is 31.5 Å². The molecule has 0 amide bonds. The van der Waals surface area contributed by atoms with Crippen LogP contribution in [0.3, 0.4) is 0 Å². The Bertz CT molecular complexity index is 2140. The Labute approximate surface area is 269 Å². The molecule has 22 heteroatoms. The van der Waals surface area contributed by atoms with Gasteiger partial charge in [0.25, 0.3) is 12.1 Å². The van der Waals surface area contributed by atoms with E-state index < -0.39 is 13.3 Å². The normalized spacial score (nSPS) is 25.8. The number of aromatic amines is 1. The molecule has 0 spiro atoms. The SMILES string of the molecule is C#CP(O)(=S)OC[C@H]1C[C@@H](n2cnc3c(=O)n4cn[nH]c4nc32)[C@@H]1COP(=O)(S)OC[C@@H]1CC[C@H](n2cnc3c(N)ncnc32)O1. The second-order valence-corrected chi connectivity index (χ2v) is 16.9. The number of hydrogen-bond acceptors (Lipinski definition) is 14. The maximum Gasteiger partial charge on any atom is 0.386 e. The van der Waals surface area contributed by atoms with Crippen molar-refractivity contribution >= 4 is 71.3 Å². The molecule has 7 atom stereocenters. The van der Waals surface area contributed by atoms with Gasteiger partial charge in [0, 0.05) is 12.0 Å². The average molecular weight is 708 g/mol. The summed E-state index contributed by atoms with van der Waals surface area (Å²) in [6.07, 6.45) is 12.2. The predicted molar refractivity (Wildman–Crippen MR) is 170 cm³/mol. The van der Waals surface area contributed by atoms with Gasteiger partial charge in [-0.2, -0.15) is 10.1 Å². The van der Waals surface area contributed by atoms with Crippen LogP contribution in [-0.4, -0.2) is 79.5 Å². The lowest BCUT2D eigenvalue weighted by Gasteiger charge is -2.45. The summed E-state index contributed by atoms with van der Waals surface area (Å²) in [4.78, 5) is 44.3. The second kappa shape index (κ2) is 12.1. The van der Waals surface area contributed by atoms with Crippen LogP contribution in [0, 0.1) is 23.9 Å². The van der Waals surface area contributed by atoms with Gasteiger partial charge in [0.15, 0.2) is 22.6 Å². The van der Waals surface area contributed by atoms with Crippen molar-refractivity contribution in [3.05, 3.63) is 35.7 Å². The van der Waals surface area contributed by atoms with Crippen LogP contribution in [0.2, 0.25) is 0 Å². The fourth-order valence-corrected chi connectivity index (χ4v) is 7.65. The second-order valence-electron chi connectivity index (χ2n) is 10.9. The van der Waals surface area contributed by atoms with Gasteiger partial charge in [-0.15, -0.1) is 6.42 Å². The summed E-state index contributed by atoms with van der Waals surface area (Å²) >= 11 is 9.18. The molecule has 4 N–H and O–H groups in total. The van der Waals surface area contributed by atoms with E-state index in [-0.39, 0.29) is 72.7 Å². The molecule has 1 saturated heterocycles. The highest BCUT2D eigenvalue weighted by Gasteiger charge is 2.45. The first-order chi connectivity index (χ1) is 22.0. The zero-order chi connectivity index (χ0) is 32.2. The molecule has 6 heterocycles. The number of thiol groups is 1. The number of rotatable bonds is 11. The van der Waals surface area contributed by atoms with Crippen LogP contribution >= 0.6 is 25.5 Å². The molecule has 0 bridgehead atoms. The molecule has 18 nitrogen and oxygen atoms in total. The number of hydrogen-bond donors (Lipinski definition) is 4. The van der Waals surface area contributed by atoms with Crippen LogP contribution in [-0.2, 0) is 34.7 Å². The van der Waals surface area contributed by atoms with Crippen molar-refractivity contribution in [2.24, 2.45) is 11.8 Å². The lowest BCUT2D eigenvalue weighted by molar-refractivity contribution is -0.0217. The van der Waals surface area contributed by atoms with Crippen LogP contribution in [0.15, 0.2) is 30.1 Å². The van der Waals surface area contributed by atoms with Gasteiger partial charge in [-0.25, -0.2) is 34.0 Å². The molecule has 2 fully saturated rings. The van der Waals surface area contributed by atoms with E-state index in [9.17, 15) is 14.3 Å². The zero-order valence-corrected chi connectivity index (χ0v) is 27.3. The van der Waals surface area contributed by atoms with Gasteiger partial charge in [-0.3, -0.25) is 13.9 Å². The molecule has 0 radical (unpaired) electrons. The molecule has 5 aromatic rings. The van der Waals surface area contributed by atoms with Crippen LogP contribution in [0.25, 0.3) is 28.1 Å². The quantitative estimate of drug-likeness (QED) is 0.0875. The fourth-order valence-electron chi connectivity index (χ4n) is 5.81. The van der Waals surface area contributed by atoms with Crippen molar-refractivity contribution in [3.8, 4) is 12.1 Å². The van der Waals surface area contributed by atoms with Gasteiger partial charge < -0.3 is 29.0 Å². The molecule has 7 rings (SSSR count). The molecule has 5 aromatic heterocycles. The fraction of sp³-hybridized carbons (Fsp3) is 0.458. The van der Waals surface area contributed by atoms with Crippen molar-refractivity contribution in [1.29, 1.82) is 0 Å². The summed E-state index contributed by atoms with van der Waals surface area (Å²) in [6, 6.07) is -0.284. The van der Waals surface area contributed by atoms with Gasteiger partial charge in [-0.1, -0.05) is 12.2 Å². The number of nitrogens with one attached hydrogen (secondary N) is 1. The number of H-pyrrole nitrogens is 1. The van der Waals surface area contributed by atoms with Crippen molar-refractivity contribution in [1.82, 2.24) is 48.7 Å². The van der Waals surface area contributed by atoms with E-state index in [4.69, 9.17) is 42.3 Å². The van der Waals surface area contributed by atoms with Crippen molar-refractivity contribution in [2.75, 3.05) is 25.6 Å². The standard InChI is InChI=1S/C24H27N11O7P2S2/c1-2-43(37,45)39-6-13-5-16(33-10-29-19-22(33)31-24-32-30-12-35(24)23(19)36)15(13)8-41-44(38,46)40-7-14-3-4-17(42-14)34-11-28-18-20(25)26-9-27-21(18)34/h1,9-17H,3-8H2,(H,31,32)(H,37,45)(H,38,46)(H2,25,26,27)/t13-,14+,15-,16-,17-,43?,44?/m1/s1. The Morgan fingerprint density at radius 3 is 2.72 bits per heavy atom. The molecule has 242 valence electrons. The van der Waals surface area contributed by atoms with Gasteiger partial charge in [-0.05, 0) is 42.6 Å². The molecule has 2 unspecified atom stereocenters. The third-order valence-electron chi connectivity index (χ3n) is 8.23. The summed E-state index contributed by atoms with van der Waals surface area (Å²) in [5, 5.41) is 6.55. The number of terminal acetylenes is 1. The topological polar surface area (TPSA) is 225 Å². The van der Waals surface area contributed by atoms with Crippen molar-refractivity contribution < 1.29 is 27.8 Å². The number of fused-ring (bicyclic) bond motifs is 3. The van der Waals surface area contributed by atoms with E-state index in [2.05, 4.69) is 53.0 Å². The highest BCUT2D eigenvalue weighted by atomic mass is 32.7. The summed E-state index contributed by atoms with van der Waals surface area (Å²) in [5.41, 5.74) is 9.17. The maximum absolute atomic E-state index is 13.3. The van der Waals surface area contributed by atoms with Gasteiger partial charge in [0.2, 0.25) is 5.78 Å². The minimum Gasteiger partial charge on any atom is -0.382 e. The lowest BCUT2D eigenvalue weighted by atomic mass is 9.70. The Hall–Kier alpha value is -3.24. The van der Waals surface area contributed by atoms with E-state index in [1.54, 1.807) is 15.5 Å². The number of aromatic nitrogens is 10. The first-order valence-electron chi connectivity index (χ1n) is 14.0. The van der Waals surface area contributed by atoms with Crippen LogP contribution in [0.5, 0.6) is 0 Å². The van der Waals surface area contributed by atoms with Crippen LogP contribution in [0.4, 0.5) is 5.82 Å². The molecule has 1 aliphatic carbocycles. The number of anilines is 1. The summed E-state index contributed by atoms with van der Waals surface area (Å²) in [6.45, 7) is -7.29. The van der Waals surface area contributed by atoms with Gasteiger partial charge in [0.1, 0.15) is 24.4 Å². The van der Waals surface area contributed by atoms with E-state index in [1.807, 2.05) is 0 Å². The molecule has 0 aromatic carbocycles.